The lowest BCUT2D eigenvalue weighted by Gasteiger charge is -2.17. The molecule has 0 saturated carbocycles. The van der Waals surface area contributed by atoms with Crippen LogP contribution < -0.4 is 5.32 Å². The van der Waals surface area contributed by atoms with Crippen molar-refractivity contribution >= 4 is 72.2 Å². The molecule has 35 heavy (non-hydrogen) atoms. The van der Waals surface area contributed by atoms with E-state index in [1.54, 1.807) is 6.08 Å². The van der Waals surface area contributed by atoms with Crippen LogP contribution in [0.4, 0.5) is 5.69 Å². The van der Waals surface area contributed by atoms with Crippen LogP contribution in [0, 0.1) is 0 Å². The number of hydrogen-bond donors (Lipinski definition) is 1. The van der Waals surface area contributed by atoms with Crippen molar-refractivity contribution in [1.29, 1.82) is 0 Å². The van der Waals surface area contributed by atoms with Gasteiger partial charge >= 0.3 is 0 Å². The Morgan fingerprint density at radius 1 is 1.11 bits per heavy atom. The van der Waals surface area contributed by atoms with Crippen LogP contribution >= 0.6 is 27.7 Å². The first-order chi connectivity index (χ1) is 16.7. The van der Waals surface area contributed by atoms with Gasteiger partial charge < -0.3 is 10.2 Å². The van der Waals surface area contributed by atoms with Crippen LogP contribution in [0.15, 0.2) is 74.7 Å². The highest BCUT2D eigenvalue weighted by Crippen LogP contribution is 2.40. The number of amides is 1. The maximum absolute atomic E-state index is 12.4. The number of halogens is 1. The van der Waals surface area contributed by atoms with Gasteiger partial charge in [-0.25, -0.2) is 18.0 Å². The minimum Gasteiger partial charge on any atom is -0.326 e. The highest BCUT2D eigenvalue weighted by Gasteiger charge is 2.34. The number of carbonyl (C=O) groups excluding carboxylic acids is 4. The van der Waals surface area contributed by atoms with E-state index in [0.717, 1.165) is 28.7 Å². The van der Waals surface area contributed by atoms with Gasteiger partial charge in [0.1, 0.15) is 11.6 Å². The van der Waals surface area contributed by atoms with E-state index in [1.807, 2.05) is 42.2 Å². The fourth-order valence-corrected chi connectivity index (χ4v) is 5.46. The van der Waals surface area contributed by atoms with Crippen LogP contribution in [0.3, 0.4) is 0 Å². The number of nitrogens with zero attached hydrogens (tertiary/aromatic N) is 1. The van der Waals surface area contributed by atoms with Crippen LogP contribution in [-0.4, -0.2) is 48.0 Å². The first-order valence-electron chi connectivity index (χ1n) is 10.2. The van der Waals surface area contributed by atoms with Gasteiger partial charge in [-0.1, -0.05) is 58.0 Å². The molecule has 3 rings (SSSR count). The Morgan fingerprint density at radius 3 is 2.40 bits per heavy atom. The number of benzene rings is 2. The average molecular weight is 575 g/mol. The average Bonchev–Trinajstić information content (AvgIpc) is 3.19. The third kappa shape index (κ3) is 6.28. The van der Waals surface area contributed by atoms with Gasteiger partial charge in [-0.2, -0.15) is 0 Å². The van der Waals surface area contributed by atoms with Gasteiger partial charge in [0, 0.05) is 30.0 Å². The lowest BCUT2D eigenvalue weighted by molar-refractivity contribution is -0.116. The zero-order chi connectivity index (χ0) is 25.6. The second-order valence-electron chi connectivity index (χ2n) is 7.28. The Labute approximate surface area is 214 Å². The molecule has 2 aromatic rings. The van der Waals surface area contributed by atoms with Gasteiger partial charge in [0.2, 0.25) is 20.9 Å². The number of anilines is 1. The van der Waals surface area contributed by atoms with Gasteiger partial charge in [0.15, 0.2) is 11.0 Å². The predicted octanol–water partition coefficient (Wildman–Crippen LogP) is 3.62. The third-order valence-corrected chi connectivity index (χ3v) is 8.51. The molecule has 1 amide bonds. The molecule has 1 atom stereocenters. The Hall–Kier alpha value is -3.20. The van der Waals surface area contributed by atoms with E-state index >= 15 is 0 Å². The van der Waals surface area contributed by atoms with Crippen molar-refractivity contribution < 1.29 is 27.6 Å². The molecule has 1 aliphatic heterocycles. The van der Waals surface area contributed by atoms with Crippen LogP contribution in [0.25, 0.3) is 6.08 Å². The summed E-state index contributed by atoms with van der Waals surface area (Å²) in [5, 5.41) is 1.36. The van der Waals surface area contributed by atoms with Crippen molar-refractivity contribution in [2.75, 3.05) is 11.9 Å². The molecule has 1 saturated heterocycles. The molecule has 180 valence electrons. The van der Waals surface area contributed by atoms with Gasteiger partial charge in [-0.3, -0.25) is 9.59 Å². The van der Waals surface area contributed by atoms with Crippen molar-refractivity contribution in [2.45, 2.75) is 23.5 Å². The monoisotopic (exact) mass is 574 g/mol. The number of rotatable bonds is 7. The normalized spacial score (nSPS) is 15.7. The van der Waals surface area contributed by atoms with Crippen molar-refractivity contribution in [3.05, 3.63) is 75.4 Å². The molecular formula is C24H19BrN2O6S2. The van der Waals surface area contributed by atoms with Gasteiger partial charge in [0.05, 0.1) is 10.1 Å². The molecule has 8 nitrogen and oxygen atoms in total. The van der Waals surface area contributed by atoms with Crippen molar-refractivity contribution in [3.63, 3.8) is 0 Å². The van der Waals surface area contributed by atoms with Crippen molar-refractivity contribution in [1.82, 2.24) is 4.90 Å². The molecule has 0 aromatic heterocycles. The summed E-state index contributed by atoms with van der Waals surface area (Å²) >= 11 is 4.59. The van der Waals surface area contributed by atoms with Crippen LogP contribution in [0.5, 0.6) is 0 Å². The summed E-state index contributed by atoms with van der Waals surface area (Å²) in [6.45, 7) is 1.01. The summed E-state index contributed by atoms with van der Waals surface area (Å²) in [6.07, 6.45) is 3.54. The topological polar surface area (TPSA) is 118 Å². The molecule has 1 unspecified atom stereocenters. The van der Waals surface area contributed by atoms with Crippen LogP contribution in [-0.2, 0) is 29.0 Å². The van der Waals surface area contributed by atoms with E-state index in [4.69, 9.17) is 0 Å². The van der Waals surface area contributed by atoms with Crippen LogP contribution in [0.1, 0.15) is 18.9 Å². The molecule has 0 radical (unpaired) electrons. The zero-order valence-electron chi connectivity index (χ0n) is 18.4. The minimum atomic E-state index is -4.04. The maximum atomic E-state index is 12.4. The quantitative estimate of drug-likeness (QED) is 0.498. The maximum Gasteiger partial charge on any atom is 0.248 e. The number of sulfone groups is 1. The molecule has 1 heterocycles. The van der Waals surface area contributed by atoms with E-state index in [1.165, 1.54) is 29.2 Å². The molecule has 1 fully saturated rings. The molecule has 0 spiro atoms. The molecule has 0 aliphatic carbocycles. The standard InChI is InChI=1S/C24H19BrN2O6S2/c1-16(30)35(32,33)19-9-7-18(8-10-19)26-23(31)12-13-27-21(14-28)22(34-24(27)15-29)11-6-17-4-2-3-5-20(17)25/h2-11,22H,12-13H2,1H3,(H,26,31)/b11-6-. The third-order valence-electron chi connectivity index (χ3n) is 4.98. The van der Waals surface area contributed by atoms with Gasteiger partial charge in [-0.05, 0) is 35.9 Å². The summed E-state index contributed by atoms with van der Waals surface area (Å²) in [5.74, 6) is 3.28. The van der Waals surface area contributed by atoms with Crippen LogP contribution in [0.2, 0.25) is 0 Å². The first-order valence-corrected chi connectivity index (χ1v) is 13.4. The fourth-order valence-electron chi connectivity index (χ4n) is 3.17. The number of nitrogens with one attached hydrogen (secondary N) is 1. The summed E-state index contributed by atoms with van der Waals surface area (Å²) in [4.78, 5) is 48.1. The molecule has 0 bridgehead atoms. The Balaban J connectivity index is 1.65. The second kappa shape index (κ2) is 11.5. The summed E-state index contributed by atoms with van der Waals surface area (Å²) in [6, 6.07) is 12.7. The van der Waals surface area contributed by atoms with Gasteiger partial charge in [-0.15, -0.1) is 0 Å². The van der Waals surface area contributed by atoms with Gasteiger partial charge in [0.25, 0.3) is 0 Å². The lowest BCUT2D eigenvalue weighted by Crippen LogP contribution is -2.25. The van der Waals surface area contributed by atoms with Crippen molar-refractivity contribution in [3.8, 4) is 0 Å². The summed E-state index contributed by atoms with van der Waals surface area (Å²) in [7, 11) is -4.04. The lowest BCUT2D eigenvalue weighted by atomic mass is 10.2. The number of hydrogen-bond acceptors (Lipinski definition) is 8. The van der Waals surface area contributed by atoms with E-state index < -0.39 is 26.1 Å². The summed E-state index contributed by atoms with van der Waals surface area (Å²) < 4.78 is 24.6. The fraction of sp³-hybridized carbons (Fsp3) is 0.167. The molecule has 2 aromatic carbocycles. The minimum absolute atomic E-state index is 0.0458. The highest BCUT2D eigenvalue weighted by molar-refractivity contribution is 9.10. The Morgan fingerprint density at radius 2 is 1.80 bits per heavy atom. The molecule has 1 aliphatic rings. The zero-order valence-corrected chi connectivity index (χ0v) is 21.6. The van der Waals surface area contributed by atoms with E-state index in [0.29, 0.717) is 5.69 Å². The molecule has 11 heteroatoms. The largest absolute Gasteiger partial charge is 0.326 e. The number of carbonyl (C=O) groups is 2. The van der Waals surface area contributed by atoms with E-state index in [-0.39, 0.29) is 28.6 Å². The number of thioether (sulfide) groups is 1. The van der Waals surface area contributed by atoms with E-state index in [9.17, 15) is 27.6 Å². The van der Waals surface area contributed by atoms with E-state index in [2.05, 4.69) is 21.2 Å². The SMILES string of the molecule is CC(=O)S(=O)(=O)c1ccc(NC(=O)CCN2C(=C=O)SC(/C=C\c3ccccc3Br)C2=C=O)cc1. The smallest absolute Gasteiger partial charge is 0.248 e. The molecular weight excluding hydrogens is 556 g/mol. The predicted molar refractivity (Wildman–Crippen MR) is 137 cm³/mol. The van der Waals surface area contributed by atoms with Crippen molar-refractivity contribution in [2.24, 2.45) is 0 Å². The first kappa shape index (κ1) is 26.4. The highest BCUT2D eigenvalue weighted by atomic mass is 79.9. The second-order valence-corrected chi connectivity index (χ2v) is 11.3. The Bertz CT molecular complexity index is 1390. The molecule has 1 N–H and O–H groups in total. The summed E-state index contributed by atoms with van der Waals surface area (Å²) in [5.41, 5.74) is 1.44. The Kier molecular flexibility index (Phi) is 8.67.